The molecule has 0 spiro atoms. The van der Waals surface area contributed by atoms with E-state index >= 15 is 0 Å². The Kier molecular flexibility index (Phi) is 4.29. The van der Waals surface area contributed by atoms with E-state index in [0.29, 0.717) is 12.5 Å². The van der Waals surface area contributed by atoms with E-state index in [2.05, 4.69) is 20.8 Å². The quantitative estimate of drug-likeness (QED) is 0.810. The van der Waals surface area contributed by atoms with E-state index in [1.807, 2.05) is 0 Å². The molecule has 3 heteroatoms. The molecule has 19 heavy (non-hydrogen) atoms. The van der Waals surface area contributed by atoms with Crippen molar-refractivity contribution in [1.29, 1.82) is 0 Å². The number of hydrogen-bond acceptors (Lipinski definition) is 3. The Morgan fingerprint density at radius 2 is 1.79 bits per heavy atom. The minimum absolute atomic E-state index is 0.135. The summed E-state index contributed by atoms with van der Waals surface area (Å²) in [6.45, 7) is 8.86. The Bertz CT molecular complexity index is 304. The summed E-state index contributed by atoms with van der Waals surface area (Å²) in [6.07, 6.45) is 6.22. The van der Waals surface area contributed by atoms with Gasteiger partial charge in [0.25, 0.3) is 0 Å². The Hall–Kier alpha value is -0.120. The van der Waals surface area contributed by atoms with E-state index in [9.17, 15) is 5.11 Å². The summed E-state index contributed by atoms with van der Waals surface area (Å²) in [5.41, 5.74) is 5.53. The highest BCUT2D eigenvalue weighted by Crippen LogP contribution is 2.55. The summed E-state index contributed by atoms with van der Waals surface area (Å²) in [4.78, 5) is 0. The molecule has 3 N–H and O–H groups in total. The van der Waals surface area contributed by atoms with Crippen LogP contribution in [0.1, 0.15) is 59.3 Å². The van der Waals surface area contributed by atoms with Crippen LogP contribution in [0.25, 0.3) is 0 Å². The fourth-order valence-electron chi connectivity index (χ4n) is 4.52. The smallest absolute Gasteiger partial charge is 0.0750 e. The molecule has 1 aliphatic heterocycles. The van der Waals surface area contributed by atoms with Crippen LogP contribution in [0.3, 0.4) is 0 Å². The number of nitrogens with two attached hydrogens (primary N) is 1. The van der Waals surface area contributed by atoms with E-state index in [-0.39, 0.29) is 10.8 Å². The second-order valence-electron chi connectivity index (χ2n) is 7.69. The SMILES string of the molecule is CC(C)(C)C1CCCCC1(O)C1(CN)CCOCC1. The fourth-order valence-corrected chi connectivity index (χ4v) is 4.52. The molecule has 1 saturated carbocycles. The third-order valence-corrected chi connectivity index (χ3v) is 5.68. The number of aliphatic hydroxyl groups is 1. The van der Waals surface area contributed by atoms with Gasteiger partial charge in [-0.1, -0.05) is 33.6 Å². The van der Waals surface area contributed by atoms with Crippen LogP contribution in [0.5, 0.6) is 0 Å². The average molecular weight is 269 g/mol. The highest BCUT2D eigenvalue weighted by molar-refractivity contribution is 5.08. The Labute approximate surface area is 117 Å². The molecule has 2 atom stereocenters. The summed E-state index contributed by atoms with van der Waals surface area (Å²) in [7, 11) is 0. The summed E-state index contributed by atoms with van der Waals surface area (Å²) >= 11 is 0. The molecule has 1 aliphatic carbocycles. The van der Waals surface area contributed by atoms with Gasteiger partial charge in [-0.3, -0.25) is 0 Å². The first kappa shape index (κ1) is 15.3. The van der Waals surface area contributed by atoms with Crippen molar-refractivity contribution < 1.29 is 9.84 Å². The summed E-state index contributed by atoms with van der Waals surface area (Å²) in [5, 5.41) is 11.6. The van der Waals surface area contributed by atoms with Gasteiger partial charge in [0.15, 0.2) is 0 Å². The Morgan fingerprint density at radius 3 is 2.32 bits per heavy atom. The van der Waals surface area contributed by atoms with Crippen molar-refractivity contribution in [3.8, 4) is 0 Å². The molecule has 3 nitrogen and oxygen atoms in total. The lowest BCUT2D eigenvalue weighted by molar-refractivity contribution is -0.196. The zero-order valence-corrected chi connectivity index (χ0v) is 12.9. The molecule has 2 aliphatic rings. The van der Waals surface area contributed by atoms with Crippen molar-refractivity contribution in [2.75, 3.05) is 19.8 Å². The maximum Gasteiger partial charge on any atom is 0.0750 e. The lowest BCUT2D eigenvalue weighted by atomic mass is 9.52. The second-order valence-corrected chi connectivity index (χ2v) is 7.69. The zero-order valence-electron chi connectivity index (χ0n) is 12.9. The van der Waals surface area contributed by atoms with Crippen LogP contribution in [-0.4, -0.2) is 30.5 Å². The zero-order chi connectivity index (χ0) is 14.1. The molecule has 2 rings (SSSR count). The molecule has 112 valence electrons. The molecule has 0 aromatic heterocycles. The van der Waals surface area contributed by atoms with Crippen LogP contribution >= 0.6 is 0 Å². The molecule has 0 bridgehead atoms. The van der Waals surface area contributed by atoms with Gasteiger partial charge in [-0.15, -0.1) is 0 Å². The van der Waals surface area contributed by atoms with Crippen molar-refractivity contribution >= 4 is 0 Å². The van der Waals surface area contributed by atoms with Gasteiger partial charge in [0.05, 0.1) is 5.60 Å². The Balaban J connectivity index is 2.35. The van der Waals surface area contributed by atoms with Crippen LogP contribution < -0.4 is 5.73 Å². The van der Waals surface area contributed by atoms with Gasteiger partial charge >= 0.3 is 0 Å². The van der Waals surface area contributed by atoms with Gasteiger partial charge in [0.2, 0.25) is 0 Å². The van der Waals surface area contributed by atoms with Crippen molar-refractivity contribution in [2.24, 2.45) is 22.5 Å². The lowest BCUT2D eigenvalue weighted by Crippen LogP contribution is -2.62. The minimum atomic E-state index is -0.609. The van der Waals surface area contributed by atoms with Crippen LogP contribution in [0.4, 0.5) is 0 Å². The van der Waals surface area contributed by atoms with Crippen LogP contribution in [0.2, 0.25) is 0 Å². The minimum Gasteiger partial charge on any atom is -0.389 e. The molecule has 0 radical (unpaired) electrons. The normalized spacial score (nSPS) is 36.2. The van der Waals surface area contributed by atoms with E-state index in [1.165, 1.54) is 6.42 Å². The van der Waals surface area contributed by atoms with E-state index in [4.69, 9.17) is 10.5 Å². The maximum absolute atomic E-state index is 11.6. The monoisotopic (exact) mass is 269 g/mol. The predicted molar refractivity (Wildman–Crippen MR) is 77.9 cm³/mol. The van der Waals surface area contributed by atoms with Crippen LogP contribution in [-0.2, 0) is 4.74 Å². The van der Waals surface area contributed by atoms with Gasteiger partial charge in [-0.2, -0.15) is 0 Å². The molecule has 1 saturated heterocycles. The predicted octanol–water partition coefficient (Wildman–Crippen LogP) is 2.71. The maximum atomic E-state index is 11.6. The van der Waals surface area contributed by atoms with Gasteiger partial charge in [0.1, 0.15) is 0 Å². The molecule has 2 fully saturated rings. The van der Waals surface area contributed by atoms with Crippen molar-refractivity contribution in [3.05, 3.63) is 0 Å². The van der Waals surface area contributed by atoms with Crippen LogP contribution in [0.15, 0.2) is 0 Å². The molecular formula is C16H31NO2. The summed E-state index contributed by atoms with van der Waals surface area (Å²) in [5.74, 6) is 0.343. The Morgan fingerprint density at radius 1 is 1.16 bits per heavy atom. The third kappa shape index (κ3) is 2.57. The highest BCUT2D eigenvalue weighted by Gasteiger charge is 2.57. The molecule has 1 heterocycles. The topological polar surface area (TPSA) is 55.5 Å². The first-order chi connectivity index (χ1) is 8.86. The van der Waals surface area contributed by atoms with Crippen molar-refractivity contribution in [2.45, 2.75) is 64.9 Å². The van der Waals surface area contributed by atoms with E-state index in [1.54, 1.807) is 0 Å². The van der Waals surface area contributed by atoms with Gasteiger partial charge < -0.3 is 15.6 Å². The summed E-state index contributed by atoms with van der Waals surface area (Å²) in [6, 6.07) is 0. The first-order valence-corrected chi connectivity index (χ1v) is 7.86. The number of rotatable bonds is 2. The van der Waals surface area contributed by atoms with Gasteiger partial charge in [0, 0.05) is 25.2 Å². The van der Waals surface area contributed by atoms with E-state index < -0.39 is 5.60 Å². The highest BCUT2D eigenvalue weighted by atomic mass is 16.5. The van der Waals surface area contributed by atoms with Crippen molar-refractivity contribution in [3.63, 3.8) is 0 Å². The molecule has 0 aromatic carbocycles. The average Bonchev–Trinajstić information content (AvgIpc) is 2.38. The van der Waals surface area contributed by atoms with Gasteiger partial charge in [-0.25, -0.2) is 0 Å². The first-order valence-electron chi connectivity index (χ1n) is 7.86. The number of hydrogen-bond donors (Lipinski definition) is 2. The lowest BCUT2D eigenvalue weighted by Gasteiger charge is -2.58. The van der Waals surface area contributed by atoms with Crippen LogP contribution in [0, 0.1) is 16.7 Å². The second kappa shape index (κ2) is 5.34. The van der Waals surface area contributed by atoms with Crippen molar-refractivity contribution in [1.82, 2.24) is 0 Å². The molecular weight excluding hydrogens is 238 g/mol. The van der Waals surface area contributed by atoms with E-state index in [0.717, 1.165) is 45.3 Å². The third-order valence-electron chi connectivity index (χ3n) is 5.68. The fraction of sp³-hybridized carbons (Fsp3) is 1.00. The largest absolute Gasteiger partial charge is 0.389 e. The van der Waals surface area contributed by atoms with Gasteiger partial charge in [-0.05, 0) is 37.0 Å². The number of ether oxygens (including phenoxy) is 1. The summed E-state index contributed by atoms with van der Waals surface area (Å²) < 4.78 is 5.52. The molecule has 0 amide bonds. The molecule has 2 unspecified atom stereocenters. The standard InChI is InChI=1S/C16H31NO2/c1-14(2,3)13-6-4-5-7-16(13,18)15(12-17)8-10-19-11-9-15/h13,18H,4-12,17H2,1-3H3. The molecule has 0 aromatic rings.